The van der Waals surface area contributed by atoms with Crippen molar-refractivity contribution in [1.29, 1.82) is 0 Å². The molecule has 10 nitrogen and oxygen atoms in total. The predicted octanol–water partition coefficient (Wildman–Crippen LogP) is 2.59. The highest BCUT2D eigenvalue weighted by Crippen LogP contribution is 2.33. The Morgan fingerprint density at radius 3 is 2.74 bits per heavy atom. The predicted molar refractivity (Wildman–Crippen MR) is 145 cm³/mol. The third kappa shape index (κ3) is 8.15. The summed E-state index contributed by atoms with van der Waals surface area (Å²) in [7, 11) is 4.79. The van der Waals surface area contributed by atoms with Gasteiger partial charge in [-0.1, -0.05) is 18.2 Å². The summed E-state index contributed by atoms with van der Waals surface area (Å²) < 4.78 is 28.4. The van der Waals surface area contributed by atoms with Crippen LogP contribution in [0.1, 0.15) is 24.0 Å². The van der Waals surface area contributed by atoms with E-state index in [-0.39, 0.29) is 37.1 Å². The molecule has 10 heteroatoms. The zero-order valence-electron chi connectivity index (χ0n) is 23.0. The van der Waals surface area contributed by atoms with Crippen LogP contribution in [-0.4, -0.2) is 94.5 Å². The molecular formula is C29H39N3O7. The van der Waals surface area contributed by atoms with Gasteiger partial charge < -0.3 is 33.9 Å². The van der Waals surface area contributed by atoms with Gasteiger partial charge in [-0.15, -0.1) is 0 Å². The Morgan fingerprint density at radius 1 is 1.08 bits per heavy atom. The molecule has 4 bridgehead atoms. The lowest BCUT2D eigenvalue weighted by molar-refractivity contribution is -0.140. The molecular weight excluding hydrogens is 502 g/mol. The Bertz CT molecular complexity index is 1110. The highest BCUT2D eigenvalue weighted by atomic mass is 16.5. The molecule has 0 spiro atoms. The minimum absolute atomic E-state index is 0.0100. The minimum Gasteiger partial charge on any atom is -0.493 e. The zero-order valence-corrected chi connectivity index (χ0v) is 23.0. The van der Waals surface area contributed by atoms with Gasteiger partial charge in [-0.25, -0.2) is 0 Å². The van der Waals surface area contributed by atoms with Crippen LogP contribution in [0, 0.1) is 0 Å². The Balaban J connectivity index is 1.62. The Labute approximate surface area is 230 Å². The van der Waals surface area contributed by atoms with E-state index in [9.17, 15) is 9.59 Å². The van der Waals surface area contributed by atoms with Gasteiger partial charge >= 0.3 is 0 Å². The summed E-state index contributed by atoms with van der Waals surface area (Å²) >= 11 is 0. The molecule has 1 N–H and O–H groups in total. The van der Waals surface area contributed by atoms with E-state index in [0.717, 1.165) is 17.5 Å². The van der Waals surface area contributed by atoms with E-state index in [4.69, 9.17) is 23.7 Å². The van der Waals surface area contributed by atoms with Crippen molar-refractivity contribution in [2.24, 2.45) is 0 Å². The van der Waals surface area contributed by atoms with Gasteiger partial charge in [0.2, 0.25) is 11.8 Å². The Morgan fingerprint density at radius 2 is 1.95 bits per heavy atom. The lowest BCUT2D eigenvalue weighted by Crippen LogP contribution is -2.58. The first kappa shape index (κ1) is 28.8. The first-order valence-electron chi connectivity index (χ1n) is 13.3. The number of rotatable bonds is 7. The number of carbonyl (C=O) groups excluding carboxylic acids is 2. The molecule has 1 saturated heterocycles. The summed E-state index contributed by atoms with van der Waals surface area (Å²) in [5.41, 5.74) is 1.94. The fourth-order valence-electron chi connectivity index (χ4n) is 5.00. The molecule has 2 aliphatic heterocycles. The van der Waals surface area contributed by atoms with Gasteiger partial charge in [0.25, 0.3) is 0 Å². The van der Waals surface area contributed by atoms with Crippen LogP contribution >= 0.6 is 0 Å². The van der Waals surface area contributed by atoms with Crippen LogP contribution in [0.2, 0.25) is 0 Å². The molecule has 2 heterocycles. The van der Waals surface area contributed by atoms with Crippen LogP contribution in [0.15, 0.2) is 42.5 Å². The van der Waals surface area contributed by atoms with Crippen molar-refractivity contribution in [1.82, 2.24) is 15.1 Å². The largest absolute Gasteiger partial charge is 0.493 e. The molecule has 1 fully saturated rings. The van der Waals surface area contributed by atoms with Crippen LogP contribution in [-0.2, 0) is 37.0 Å². The highest BCUT2D eigenvalue weighted by Gasteiger charge is 2.33. The van der Waals surface area contributed by atoms with Crippen molar-refractivity contribution in [3.63, 3.8) is 0 Å². The molecule has 2 amide bonds. The average Bonchev–Trinajstić information content (AvgIpc) is 2.92. The van der Waals surface area contributed by atoms with E-state index in [2.05, 4.69) is 10.2 Å². The summed E-state index contributed by atoms with van der Waals surface area (Å²) in [4.78, 5) is 29.7. The molecule has 4 rings (SSSR count). The molecule has 0 aliphatic carbocycles. The molecule has 2 aromatic carbocycles. The van der Waals surface area contributed by atoms with Gasteiger partial charge in [0, 0.05) is 47.0 Å². The second kappa shape index (κ2) is 14.3. The smallest absolute Gasteiger partial charge is 0.248 e. The van der Waals surface area contributed by atoms with E-state index < -0.39 is 0 Å². The molecule has 0 saturated carbocycles. The third-order valence-electron chi connectivity index (χ3n) is 6.93. The number of benzene rings is 2. The number of piperidine rings is 1. The number of hydrogen-bond acceptors (Lipinski definition) is 8. The maximum absolute atomic E-state index is 13.3. The van der Waals surface area contributed by atoms with Gasteiger partial charge in [-0.3, -0.25) is 14.5 Å². The molecule has 212 valence electrons. The quantitative estimate of drug-likeness (QED) is 0.535. The zero-order chi connectivity index (χ0) is 27.6. The first-order valence-corrected chi connectivity index (χ1v) is 13.3. The SMILES string of the molecule is COCCCN1CC(=O)N[C@H]2CN(C(=O)COC)CC[C@H]2OCc2cccc(c2)Oc2cc(ccc2OC)C1. The fraction of sp³-hybridized carbons (Fsp3) is 0.517. The molecule has 39 heavy (non-hydrogen) atoms. The third-order valence-corrected chi connectivity index (χ3v) is 6.93. The number of nitrogens with one attached hydrogen (secondary N) is 1. The van der Waals surface area contributed by atoms with Gasteiger partial charge in [0.05, 0.1) is 32.4 Å². The summed E-state index contributed by atoms with van der Waals surface area (Å²) in [5.74, 6) is 1.70. The molecule has 0 aromatic heterocycles. The molecule has 0 radical (unpaired) electrons. The number of methoxy groups -OCH3 is 3. The highest BCUT2D eigenvalue weighted by molar-refractivity contribution is 5.79. The number of carbonyl (C=O) groups is 2. The summed E-state index contributed by atoms with van der Waals surface area (Å²) in [6.45, 7) is 3.28. The summed E-state index contributed by atoms with van der Waals surface area (Å²) in [6.07, 6.45) is 1.15. The van der Waals surface area contributed by atoms with Crippen LogP contribution in [0.5, 0.6) is 17.2 Å². The normalized spacial score (nSPS) is 20.5. The van der Waals surface area contributed by atoms with Crippen LogP contribution in [0.3, 0.4) is 0 Å². The van der Waals surface area contributed by atoms with E-state index >= 15 is 0 Å². The molecule has 2 aromatic rings. The Hall–Kier alpha value is -3.18. The van der Waals surface area contributed by atoms with E-state index in [1.807, 2.05) is 42.5 Å². The molecule has 2 atom stereocenters. The van der Waals surface area contributed by atoms with Crippen molar-refractivity contribution in [3.05, 3.63) is 53.6 Å². The number of likely N-dealkylation sites (tertiary alicyclic amines) is 1. The molecule has 0 unspecified atom stereocenters. The lowest BCUT2D eigenvalue weighted by atomic mass is 10.0. The maximum Gasteiger partial charge on any atom is 0.248 e. The second-order valence-corrected chi connectivity index (χ2v) is 9.88. The van der Waals surface area contributed by atoms with Crippen LogP contribution < -0.4 is 14.8 Å². The second-order valence-electron chi connectivity index (χ2n) is 9.88. The van der Waals surface area contributed by atoms with Crippen molar-refractivity contribution < 1.29 is 33.3 Å². The van der Waals surface area contributed by atoms with Crippen LogP contribution in [0.4, 0.5) is 0 Å². The fourth-order valence-corrected chi connectivity index (χ4v) is 5.00. The van der Waals surface area contributed by atoms with E-state index in [1.54, 1.807) is 19.1 Å². The monoisotopic (exact) mass is 541 g/mol. The minimum atomic E-state index is -0.340. The average molecular weight is 542 g/mol. The number of ether oxygens (including phenoxy) is 5. The first-order chi connectivity index (χ1) is 19.0. The van der Waals surface area contributed by atoms with Crippen LogP contribution in [0.25, 0.3) is 0 Å². The van der Waals surface area contributed by atoms with Crippen molar-refractivity contribution in [2.75, 3.05) is 60.7 Å². The van der Waals surface area contributed by atoms with Gasteiger partial charge in [0.15, 0.2) is 11.5 Å². The van der Waals surface area contributed by atoms with Gasteiger partial charge in [0.1, 0.15) is 12.4 Å². The van der Waals surface area contributed by atoms with Crippen molar-refractivity contribution in [3.8, 4) is 17.2 Å². The summed E-state index contributed by atoms with van der Waals surface area (Å²) in [5, 5.41) is 3.16. The molecule has 2 aliphatic rings. The number of hydrogen-bond donors (Lipinski definition) is 1. The number of nitrogens with zero attached hydrogens (tertiary/aromatic N) is 2. The van der Waals surface area contributed by atoms with Gasteiger partial charge in [-0.05, 0) is 48.2 Å². The van der Waals surface area contributed by atoms with E-state index in [0.29, 0.717) is 63.1 Å². The number of fused-ring (bicyclic) bond motifs is 5. The van der Waals surface area contributed by atoms with E-state index in [1.165, 1.54) is 7.11 Å². The van der Waals surface area contributed by atoms with Gasteiger partial charge in [-0.2, -0.15) is 0 Å². The van der Waals surface area contributed by atoms with Crippen molar-refractivity contribution in [2.45, 2.75) is 38.1 Å². The topological polar surface area (TPSA) is 98.8 Å². The number of amides is 2. The maximum atomic E-state index is 13.3. The standard InChI is InChI=1S/C29H39N3O7/c1-35-13-5-11-31-16-21-8-9-26(37-3)27(15-21)39-23-7-4-6-22(14-23)19-38-25-10-12-32(29(34)20-36-2)17-24(25)30-28(33)18-31/h4,6-9,14-15,24-25H,5,10-13,16-20H2,1-3H3,(H,30,33)/t24-,25+/m0/s1. The van der Waals surface area contributed by atoms with Crippen molar-refractivity contribution >= 4 is 11.8 Å². The lowest BCUT2D eigenvalue weighted by Gasteiger charge is -2.39. The summed E-state index contributed by atoms with van der Waals surface area (Å²) in [6, 6.07) is 13.2. The Kier molecular flexibility index (Phi) is 10.5.